The molecule has 8 heavy (non-hydrogen) atoms. The third-order valence-electron chi connectivity index (χ3n) is 0.799. The number of hydrogen-bond acceptors (Lipinski definition) is 2. The highest BCUT2D eigenvalue weighted by Gasteiger charge is 1.99. The fourth-order valence-electron chi connectivity index (χ4n) is 0.418. The molecule has 0 aromatic carbocycles. The van der Waals surface area contributed by atoms with Gasteiger partial charge in [-0.15, -0.1) is 0 Å². The normalized spacial score (nSPS) is 18.6. The molecule has 0 amide bonds. The molecule has 0 aromatic heterocycles. The first kappa shape index (κ1) is 5.65. The molecule has 0 aliphatic carbocycles. The van der Waals surface area contributed by atoms with E-state index in [1.807, 2.05) is 12.2 Å². The molecule has 1 aliphatic heterocycles. The number of allylic oxidation sites excluding steroid dienone is 2. The Bertz CT molecular complexity index is 131. The molecule has 0 spiro atoms. The van der Waals surface area contributed by atoms with Gasteiger partial charge in [-0.05, 0) is 22.0 Å². The molecular weight excluding hydrogens is 170 g/mol. The Labute approximate surface area is 55.7 Å². The maximum Gasteiger partial charge on any atom is 0.220 e. The second-order valence-corrected chi connectivity index (χ2v) is 2.32. The highest BCUT2D eigenvalue weighted by Crippen LogP contribution is 1.98. The second-order valence-electron chi connectivity index (χ2n) is 1.47. The lowest BCUT2D eigenvalue weighted by Crippen LogP contribution is -2.93. The maximum absolute atomic E-state index is 5.37. The molecular formula is C4H7BrN3+. The zero-order chi connectivity index (χ0) is 5.98. The van der Waals surface area contributed by atoms with Crippen molar-refractivity contribution in [2.45, 2.75) is 0 Å². The van der Waals surface area contributed by atoms with Crippen LogP contribution in [0, 0.1) is 0 Å². The van der Waals surface area contributed by atoms with Crippen LogP contribution < -0.4 is 16.6 Å². The van der Waals surface area contributed by atoms with Gasteiger partial charge in [-0.2, -0.15) is 5.43 Å². The van der Waals surface area contributed by atoms with Crippen LogP contribution in [0.2, 0.25) is 0 Å². The molecule has 1 heterocycles. The monoisotopic (exact) mass is 176 g/mol. The van der Waals surface area contributed by atoms with Gasteiger partial charge in [0.1, 0.15) is 4.61 Å². The standard InChI is InChI=1S/C4H6BrN3/c5-3-1-2-4(6)8-7-3/h1-2,7-8H,6H2/p+1. The van der Waals surface area contributed by atoms with Crippen molar-refractivity contribution < 1.29 is 5.43 Å². The number of quaternary nitrogens is 1. The summed E-state index contributed by atoms with van der Waals surface area (Å²) in [6, 6.07) is 0. The Morgan fingerprint density at radius 2 is 2.38 bits per heavy atom. The second kappa shape index (κ2) is 2.19. The van der Waals surface area contributed by atoms with E-state index in [0.717, 1.165) is 10.4 Å². The van der Waals surface area contributed by atoms with Crippen molar-refractivity contribution in [2.24, 2.45) is 5.73 Å². The fourth-order valence-corrected chi connectivity index (χ4v) is 0.665. The lowest BCUT2D eigenvalue weighted by Gasteiger charge is -2.05. The minimum atomic E-state index is 0.744. The van der Waals surface area contributed by atoms with Crippen molar-refractivity contribution in [1.82, 2.24) is 5.43 Å². The number of hydrogen-bond donors (Lipinski definition) is 3. The van der Waals surface area contributed by atoms with Crippen LogP contribution in [0.5, 0.6) is 0 Å². The summed E-state index contributed by atoms with van der Waals surface area (Å²) in [5.74, 6) is 0.744. The molecule has 44 valence electrons. The SMILES string of the molecule is NC1=CC=C(Br)N[NH2+]1. The lowest BCUT2D eigenvalue weighted by molar-refractivity contribution is -0.659. The van der Waals surface area contributed by atoms with Crippen LogP contribution in [0.25, 0.3) is 0 Å². The van der Waals surface area contributed by atoms with E-state index in [9.17, 15) is 0 Å². The Kier molecular flexibility index (Phi) is 1.55. The summed E-state index contributed by atoms with van der Waals surface area (Å²) in [5, 5.41) is 0. The van der Waals surface area contributed by atoms with Gasteiger partial charge in [0.05, 0.1) is 0 Å². The van der Waals surface area contributed by atoms with Crippen LogP contribution in [0.3, 0.4) is 0 Å². The first-order valence-electron chi connectivity index (χ1n) is 2.22. The van der Waals surface area contributed by atoms with E-state index in [-0.39, 0.29) is 0 Å². The molecule has 0 saturated heterocycles. The predicted octanol–water partition coefficient (Wildman–Crippen LogP) is -0.896. The van der Waals surface area contributed by atoms with Crippen LogP contribution >= 0.6 is 15.9 Å². The first-order valence-corrected chi connectivity index (χ1v) is 3.01. The molecule has 0 aromatic rings. The number of rotatable bonds is 0. The van der Waals surface area contributed by atoms with Gasteiger partial charge in [-0.3, -0.25) is 0 Å². The molecule has 0 unspecified atom stereocenters. The van der Waals surface area contributed by atoms with Crippen molar-refractivity contribution in [1.29, 1.82) is 0 Å². The van der Waals surface area contributed by atoms with Gasteiger partial charge >= 0.3 is 0 Å². The van der Waals surface area contributed by atoms with Gasteiger partial charge in [-0.25, -0.2) is 5.43 Å². The number of nitrogens with one attached hydrogen (secondary N) is 1. The molecule has 0 saturated carbocycles. The summed E-state index contributed by atoms with van der Waals surface area (Å²) < 4.78 is 0.937. The zero-order valence-electron chi connectivity index (χ0n) is 4.19. The minimum absolute atomic E-state index is 0.744. The highest BCUT2D eigenvalue weighted by atomic mass is 79.9. The van der Waals surface area contributed by atoms with Gasteiger partial charge in [0.25, 0.3) is 0 Å². The Morgan fingerprint density at radius 3 is 2.75 bits per heavy atom. The summed E-state index contributed by atoms with van der Waals surface area (Å²) >= 11 is 3.23. The molecule has 0 radical (unpaired) electrons. The van der Waals surface area contributed by atoms with Crippen molar-refractivity contribution in [2.75, 3.05) is 0 Å². The largest absolute Gasteiger partial charge is 0.353 e. The quantitative estimate of drug-likeness (QED) is 0.332. The van der Waals surface area contributed by atoms with Gasteiger partial charge in [0, 0.05) is 6.08 Å². The summed E-state index contributed by atoms with van der Waals surface area (Å²) in [6.45, 7) is 0. The summed E-state index contributed by atoms with van der Waals surface area (Å²) in [5.41, 5.74) is 9.99. The van der Waals surface area contributed by atoms with Crippen LogP contribution in [-0.4, -0.2) is 0 Å². The number of nitrogens with two attached hydrogens (primary N) is 2. The molecule has 0 bridgehead atoms. The zero-order valence-corrected chi connectivity index (χ0v) is 5.77. The third kappa shape index (κ3) is 1.24. The Hall–Kier alpha value is -0.480. The highest BCUT2D eigenvalue weighted by molar-refractivity contribution is 9.11. The predicted molar refractivity (Wildman–Crippen MR) is 34.3 cm³/mol. The van der Waals surface area contributed by atoms with Crippen molar-refractivity contribution >= 4 is 15.9 Å². The van der Waals surface area contributed by atoms with Gasteiger partial charge in [-0.1, -0.05) is 0 Å². The Balaban J connectivity index is 2.65. The molecule has 1 rings (SSSR count). The average Bonchev–Trinajstić information content (AvgIpc) is 1.77. The molecule has 3 nitrogen and oxygen atoms in total. The maximum atomic E-state index is 5.37. The molecule has 0 atom stereocenters. The third-order valence-corrected chi connectivity index (χ3v) is 1.29. The topological polar surface area (TPSA) is 54.7 Å². The minimum Gasteiger partial charge on any atom is -0.353 e. The van der Waals surface area contributed by atoms with Crippen LogP contribution in [0.1, 0.15) is 0 Å². The lowest BCUT2D eigenvalue weighted by atomic mass is 10.5. The van der Waals surface area contributed by atoms with Gasteiger partial charge in [0.2, 0.25) is 5.82 Å². The fraction of sp³-hybridized carbons (Fsp3) is 0. The number of halogens is 1. The van der Waals surface area contributed by atoms with E-state index in [0.29, 0.717) is 0 Å². The van der Waals surface area contributed by atoms with E-state index >= 15 is 0 Å². The smallest absolute Gasteiger partial charge is 0.220 e. The van der Waals surface area contributed by atoms with Crippen molar-refractivity contribution in [3.63, 3.8) is 0 Å². The average molecular weight is 177 g/mol. The van der Waals surface area contributed by atoms with Crippen molar-refractivity contribution in [3.8, 4) is 0 Å². The summed E-state index contributed by atoms with van der Waals surface area (Å²) in [7, 11) is 0. The van der Waals surface area contributed by atoms with E-state index in [2.05, 4.69) is 21.4 Å². The molecule has 1 aliphatic rings. The van der Waals surface area contributed by atoms with Gasteiger partial charge in [0.15, 0.2) is 0 Å². The first-order chi connectivity index (χ1) is 3.79. The van der Waals surface area contributed by atoms with Crippen LogP contribution in [-0.2, 0) is 0 Å². The van der Waals surface area contributed by atoms with E-state index in [4.69, 9.17) is 5.73 Å². The summed E-state index contributed by atoms with van der Waals surface area (Å²) in [4.78, 5) is 0. The van der Waals surface area contributed by atoms with E-state index < -0.39 is 0 Å². The summed E-state index contributed by atoms with van der Waals surface area (Å²) in [6.07, 6.45) is 3.68. The van der Waals surface area contributed by atoms with Crippen LogP contribution in [0.15, 0.2) is 22.6 Å². The molecule has 4 heteroatoms. The van der Waals surface area contributed by atoms with Crippen LogP contribution in [0.4, 0.5) is 0 Å². The van der Waals surface area contributed by atoms with Gasteiger partial charge < -0.3 is 5.73 Å². The Morgan fingerprint density at radius 1 is 1.62 bits per heavy atom. The van der Waals surface area contributed by atoms with E-state index in [1.54, 1.807) is 5.43 Å². The van der Waals surface area contributed by atoms with E-state index in [1.165, 1.54) is 0 Å². The van der Waals surface area contributed by atoms with Crippen molar-refractivity contribution in [3.05, 3.63) is 22.6 Å². The molecule has 5 N–H and O–H groups in total. The molecule has 0 fully saturated rings.